The first-order chi connectivity index (χ1) is 19.4. The average Bonchev–Trinajstić information content (AvgIpc) is 3.17. The molecule has 2 aromatic carbocycles. The summed E-state index contributed by atoms with van der Waals surface area (Å²) in [6, 6.07) is 11.2. The van der Waals surface area contributed by atoms with Crippen molar-refractivity contribution >= 4 is 36.2 Å². The SMILES string of the molecule is C=C[C@]1(COP(=O)(N[C@@H](C)C(=O)OC(C)C)Oc2cccc3ccccc23)O[C@@H](N2C=CC(=O)CC2=O)[C@H](O)[C@@H]1O. The van der Waals surface area contributed by atoms with Crippen molar-refractivity contribution in [3.05, 3.63) is 67.4 Å². The summed E-state index contributed by atoms with van der Waals surface area (Å²) in [6.07, 6.45) is -2.10. The molecule has 2 aliphatic heterocycles. The van der Waals surface area contributed by atoms with E-state index in [4.69, 9.17) is 18.5 Å². The van der Waals surface area contributed by atoms with Gasteiger partial charge in [0.15, 0.2) is 12.0 Å². The Morgan fingerprint density at radius 3 is 2.61 bits per heavy atom. The van der Waals surface area contributed by atoms with Crippen molar-refractivity contribution in [1.82, 2.24) is 9.99 Å². The van der Waals surface area contributed by atoms with Gasteiger partial charge in [-0.2, -0.15) is 5.09 Å². The average molecular weight is 589 g/mol. The highest BCUT2D eigenvalue weighted by Gasteiger charge is 2.56. The van der Waals surface area contributed by atoms with Crippen LogP contribution in [0.5, 0.6) is 5.75 Å². The molecule has 1 unspecified atom stereocenters. The molecule has 4 rings (SSSR count). The van der Waals surface area contributed by atoms with Gasteiger partial charge in [0.2, 0.25) is 5.91 Å². The van der Waals surface area contributed by atoms with Crippen LogP contribution in [-0.4, -0.2) is 75.6 Å². The Balaban J connectivity index is 1.62. The maximum atomic E-state index is 14.2. The smallest absolute Gasteiger partial charge is 0.459 e. The quantitative estimate of drug-likeness (QED) is 0.153. The molecule has 220 valence electrons. The maximum absolute atomic E-state index is 14.2. The molecule has 3 N–H and O–H groups in total. The Labute approximate surface area is 237 Å². The number of fused-ring (bicyclic) bond motifs is 1. The van der Waals surface area contributed by atoms with Gasteiger partial charge in [-0.1, -0.05) is 42.5 Å². The normalized spacial score (nSPS) is 26.7. The molecule has 12 nitrogen and oxygen atoms in total. The Morgan fingerprint density at radius 2 is 1.93 bits per heavy atom. The fraction of sp³-hybridized carbons (Fsp3) is 0.393. The Morgan fingerprint density at radius 1 is 1.22 bits per heavy atom. The van der Waals surface area contributed by atoms with Crippen LogP contribution in [0.3, 0.4) is 0 Å². The minimum atomic E-state index is -4.44. The van der Waals surface area contributed by atoms with Crippen LogP contribution in [0.1, 0.15) is 27.2 Å². The van der Waals surface area contributed by atoms with Gasteiger partial charge in [-0.3, -0.25) is 23.8 Å². The number of esters is 1. The molecule has 1 fully saturated rings. The number of aliphatic hydroxyl groups excluding tert-OH is 2. The van der Waals surface area contributed by atoms with Crippen molar-refractivity contribution in [2.24, 2.45) is 0 Å². The number of nitrogens with zero attached hydrogens (tertiary/aromatic N) is 1. The molecule has 0 bridgehead atoms. The number of ether oxygens (including phenoxy) is 2. The molecule has 41 heavy (non-hydrogen) atoms. The van der Waals surface area contributed by atoms with E-state index in [0.717, 1.165) is 28.6 Å². The fourth-order valence-electron chi connectivity index (χ4n) is 4.46. The van der Waals surface area contributed by atoms with Crippen LogP contribution in [0.4, 0.5) is 0 Å². The summed E-state index contributed by atoms with van der Waals surface area (Å²) in [5.41, 5.74) is -1.86. The minimum absolute atomic E-state index is 0.190. The molecule has 2 heterocycles. The van der Waals surface area contributed by atoms with Crippen LogP contribution in [0.15, 0.2) is 67.4 Å². The highest BCUT2D eigenvalue weighted by molar-refractivity contribution is 7.52. The van der Waals surface area contributed by atoms with Gasteiger partial charge in [0, 0.05) is 11.6 Å². The lowest BCUT2D eigenvalue weighted by Crippen LogP contribution is -2.46. The molecule has 0 aliphatic carbocycles. The first kappa shape index (κ1) is 30.6. The third kappa shape index (κ3) is 6.59. The summed E-state index contributed by atoms with van der Waals surface area (Å²) >= 11 is 0. The highest BCUT2D eigenvalue weighted by atomic mass is 31.2. The molecule has 0 aromatic heterocycles. The van der Waals surface area contributed by atoms with Gasteiger partial charge in [0.1, 0.15) is 29.6 Å². The second-order valence-electron chi connectivity index (χ2n) is 10.0. The van der Waals surface area contributed by atoms with Crippen molar-refractivity contribution in [3.63, 3.8) is 0 Å². The van der Waals surface area contributed by atoms with E-state index >= 15 is 0 Å². The lowest BCUT2D eigenvalue weighted by Gasteiger charge is -2.32. The van der Waals surface area contributed by atoms with Gasteiger partial charge in [-0.25, -0.2) is 4.57 Å². The van der Waals surface area contributed by atoms with Crippen LogP contribution in [0, 0.1) is 0 Å². The van der Waals surface area contributed by atoms with Crippen molar-refractivity contribution in [2.45, 2.75) is 63.4 Å². The number of benzene rings is 2. The van der Waals surface area contributed by atoms with Gasteiger partial charge in [-0.15, -0.1) is 6.58 Å². The predicted octanol–water partition coefficient (Wildman–Crippen LogP) is 2.59. The van der Waals surface area contributed by atoms with Crippen LogP contribution < -0.4 is 9.61 Å². The molecule has 0 saturated carbocycles. The molecule has 0 radical (unpaired) electrons. The molecule has 6 atom stereocenters. The number of nitrogens with one attached hydrogen (secondary N) is 1. The Hall–Kier alpha value is -3.38. The number of carbonyl (C=O) groups is 3. The number of allylic oxidation sites excluding steroid dienone is 1. The second kappa shape index (κ2) is 12.2. The van der Waals surface area contributed by atoms with Gasteiger partial charge in [0.05, 0.1) is 19.1 Å². The molecule has 2 aromatic rings. The second-order valence-corrected chi connectivity index (χ2v) is 11.7. The molecule has 13 heteroatoms. The first-order valence-electron chi connectivity index (χ1n) is 13.0. The third-order valence-electron chi connectivity index (χ3n) is 6.60. The van der Waals surface area contributed by atoms with E-state index in [-0.39, 0.29) is 5.75 Å². The largest absolute Gasteiger partial charge is 0.462 e. The fourth-order valence-corrected chi connectivity index (χ4v) is 6.00. The molecule has 2 aliphatic rings. The van der Waals surface area contributed by atoms with E-state index in [1.807, 2.05) is 18.2 Å². The maximum Gasteiger partial charge on any atom is 0.459 e. The number of aliphatic hydroxyl groups is 2. The van der Waals surface area contributed by atoms with Crippen LogP contribution in [0.2, 0.25) is 0 Å². The van der Waals surface area contributed by atoms with E-state index in [0.29, 0.717) is 5.39 Å². The zero-order chi connectivity index (χ0) is 29.9. The van der Waals surface area contributed by atoms with Crippen LogP contribution in [0.25, 0.3) is 10.8 Å². The number of hydrogen-bond acceptors (Lipinski definition) is 10. The van der Waals surface area contributed by atoms with Gasteiger partial charge in [-0.05, 0) is 38.3 Å². The third-order valence-corrected chi connectivity index (χ3v) is 8.21. The minimum Gasteiger partial charge on any atom is -0.462 e. The number of hydrogen-bond donors (Lipinski definition) is 3. The molecule has 1 amide bonds. The zero-order valence-electron chi connectivity index (χ0n) is 22.8. The Bertz CT molecular complexity index is 1410. The number of carbonyl (C=O) groups excluding carboxylic acids is 3. The number of amides is 1. The van der Waals surface area contributed by atoms with E-state index in [2.05, 4.69) is 11.7 Å². The standard InChI is InChI=1S/C28H33N2O10P/c1-5-28(25(34)24(33)26(39-28)30-14-13-20(31)15-23(30)32)16-37-41(36,29-18(4)27(35)38-17(2)3)40-22-12-8-10-19-9-6-7-11-21(19)22/h5-14,17-18,24-26,33-34H,1,15-16H2,2-4H3,(H,29,36)/t18-,24+,25-,26+,28+,41?/m0/s1. The van der Waals surface area contributed by atoms with Crippen LogP contribution >= 0.6 is 7.75 Å². The molecular formula is C28H33N2O10P. The summed E-state index contributed by atoms with van der Waals surface area (Å²) in [5, 5.41) is 25.7. The summed E-state index contributed by atoms with van der Waals surface area (Å²) in [6.45, 7) is 7.77. The van der Waals surface area contributed by atoms with Crippen molar-refractivity contribution in [3.8, 4) is 5.75 Å². The first-order valence-corrected chi connectivity index (χ1v) is 14.5. The van der Waals surface area contributed by atoms with E-state index in [1.54, 1.807) is 38.1 Å². The Kier molecular flexibility index (Phi) is 9.13. The lowest BCUT2D eigenvalue weighted by molar-refractivity contribution is -0.153. The van der Waals surface area contributed by atoms with Gasteiger partial charge >= 0.3 is 13.7 Å². The van der Waals surface area contributed by atoms with E-state index in [1.165, 1.54) is 6.92 Å². The zero-order valence-corrected chi connectivity index (χ0v) is 23.7. The summed E-state index contributed by atoms with van der Waals surface area (Å²) in [7, 11) is -4.44. The van der Waals surface area contributed by atoms with Crippen LogP contribution in [-0.2, 0) is 32.9 Å². The monoisotopic (exact) mass is 588 g/mol. The topological polar surface area (TPSA) is 161 Å². The molecular weight excluding hydrogens is 555 g/mol. The van der Waals surface area contributed by atoms with Crippen molar-refractivity contribution in [1.29, 1.82) is 0 Å². The van der Waals surface area contributed by atoms with Crippen molar-refractivity contribution < 1.29 is 47.7 Å². The molecule has 1 saturated heterocycles. The van der Waals surface area contributed by atoms with Crippen molar-refractivity contribution in [2.75, 3.05) is 6.61 Å². The lowest BCUT2D eigenvalue weighted by atomic mass is 9.96. The van der Waals surface area contributed by atoms with E-state index < -0.39 is 74.6 Å². The molecule has 0 spiro atoms. The van der Waals surface area contributed by atoms with Gasteiger partial charge < -0.3 is 24.2 Å². The number of ketones is 1. The summed E-state index contributed by atoms with van der Waals surface area (Å²) < 4.78 is 36.9. The summed E-state index contributed by atoms with van der Waals surface area (Å²) in [5.74, 6) is -1.57. The van der Waals surface area contributed by atoms with E-state index in [9.17, 15) is 29.2 Å². The predicted molar refractivity (Wildman–Crippen MR) is 147 cm³/mol. The highest BCUT2D eigenvalue weighted by Crippen LogP contribution is 2.49. The number of rotatable bonds is 11. The summed E-state index contributed by atoms with van der Waals surface area (Å²) in [4.78, 5) is 37.6. The van der Waals surface area contributed by atoms with Gasteiger partial charge in [0.25, 0.3) is 0 Å².